The second-order valence-electron chi connectivity index (χ2n) is 8.78. The lowest BCUT2D eigenvalue weighted by atomic mass is 10.2. The monoisotopic (exact) mass is 490 g/mol. The van der Waals surface area contributed by atoms with Crippen molar-refractivity contribution >= 4 is 8.32 Å². The fourth-order valence-electron chi connectivity index (χ4n) is 2.14. The van der Waals surface area contributed by atoms with E-state index >= 15 is 0 Å². The van der Waals surface area contributed by atoms with Gasteiger partial charge in [-0.3, -0.25) is 0 Å². The van der Waals surface area contributed by atoms with Gasteiger partial charge in [0.1, 0.15) is 36.2 Å². The predicted molar refractivity (Wildman–Crippen MR) is 136 cm³/mol. The summed E-state index contributed by atoms with van der Waals surface area (Å²) in [5.41, 5.74) is 0. The topological polar surface area (TPSA) is 117 Å². The summed E-state index contributed by atoms with van der Waals surface area (Å²) >= 11 is 0. The van der Waals surface area contributed by atoms with Crippen molar-refractivity contribution in [2.75, 3.05) is 26.4 Å². The minimum Gasteiger partial charge on any atom is -0.508 e. The lowest BCUT2D eigenvalue weighted by molar-refractivity contribution is 0.201. The third kappa shape index (κ3) is 12.3. The van der Waals surface area contributed by atoms with Gasteiger partial charge in [0.2, 0.25) is 0 Å². The minimum atomic E-state index is -1.67. The van der Waals surface area contributed by atoms with Gasteiger partial charge in [-0.1, -0.05) is 20.8 Å². The maximum atomic E-state index is 9.15. The van der Waals surface area contributed by atoms with Crippen LogP contribution in [0.15, 0.2) is 67.3 Å². The van der Waals surface area contributed by atoms with Gasteiger partial charge in [0.15, 0.2) is 8.32 Å². The van der Waals surface area contributed by atoms with Crippen LogP contribution in [0, 0.1) is 0 Å². The molecule has 1 aromatic heterocycles. The SMILES string of the molecule is CC(C)(C)[Si](C)(C)OCCOc1ccc(O)cc1.OCCOc1ccc(O)cc1.c1c[nH]cn1. The molecule has 0 bridgehead atoms. The molecule has 3 aromatic rings. The van der Waals surface area contributed by atoms with Crippen LogP contribution in [-0.2, 0) is 4.43 Å². The number of ether oxygens (including phenoxy) is 2. The van der Waals surface area contributed by atoms with Crippen LogP contribution in [0.5, 0.6) is 23.0 Å². The number of nitrogens with one attached hydrogen (secondary N) is 1. The molecule has 0 radical (unpaired) electrons. The van der Waals surface area contributed by atoms with Gasteiger partial charge in [-0.2, -0.15) is 0 Å². The Hall–Kier alpha value is -3.01. The predicted octanol–water partition coefficient (Wildman–Crippen LogP) is 4.97. The van der Waals surface area contributed by atoms with E-state index in [2.05, 4.69) is 43.8 Å². The van der Waals surface area contributed by atoms with E-state index in [4.69, 9.17) is 29.2 Å². The normalized spacial score (nSPS) is 10.9. The number of imidazole rings is 1. The zero-order valence-corrected chi connectivity index (χ0v) is 21.7. The lowest BCUT2D eigenvalue weighted by Gasteiger charge is -2.36. The maximum Gasteiger partial charge on any atom is 0.192 e. The molecule has 0 spiro atoms. The summed E-state index contributed by atoms with van der Waals surface area (Å²) in [6.45, 7) is 12.6. The zero-order chi connectivity index (χ0) is 25.5. The summed E-state index contributed by atoms with van der Waals surface area (Å²) in [4.78, 5) is 6.42. The smallest absolute Gasteiger partial charge is 0.192 e. The third-order valence-corrected chi connectivity index (χ3v) is 9.60. The van der Waals surface area contributed by atoms with Crippen LogP contribution in [0.3, 0.4) is 0 Å². The van der Waals surface area contributed by atoms with Crippen LogP contribution in [-0.4, -0.2) is 60.0 Å². The Morgan fingerprint density at radius 2 is 1.32 bits per heavy atom. The van der Waals surface area contributed by atoms with E-state index in [-0.39, 0.29) is 29.8 Å². The van der Waals surface area contributed by atoms with Gasteiger partial charge in [-0.05, 0) is 66.7 Å². The average Bonchev–Trinajstić information content (AvgIpc) is 3.38. The van der Waals surface area contributed by atoms with E-state index in [0.717, 1.165) is 5.75 Å². The van der Waals surface area contributed by atoms with Gasteiger partial charge in [-0.25, -0.2) is 4.98 Å². The van der Waals surface area contributed by atoms with Crippen LogP contribution in [0.2, 0.25) is 18.1 Å². The highest BCUT2D eigenvalue weighted by Crippen LogP contribution is 2.36. The van der Waals surface area contributed by atoms with Crippen LogP contribution in [0.25, 0.3) is 0 Å². The molecule has 3 rings (SSSR count). The van der Waals surface area contributed by atoms with Crippen LogP contribution < -0.4 is 9.47 Å². The van der Waals surface area contributed by atoms with Gasteiger partial charge >= 0.3 is 0 Å². The van der Waals surface area contributed by atoms with Gasteiger partial charge in [0.05, 0.1) is 19.5 Å². The zero-order valence-electron chi connectivity index (χ0n) is 20.7. The van der Waals surface area contributed by atoms with E-state index in [1.165, 1.54) is 12.1 Å². The van der Waals surface area contributed by atoms with E-state index in [1.54, 1.807) is 55.1 Å². The molecule has 0 unspecified atom stereocenters. The number of hydrogen-bond donors (Lipinski definition) is 4. The first kappa shape index (κ1) is 29.0. The molecule has 0 atom stereocenters. The maximum absolute atomic E-state index is 9.15. The molecule has 9 heteroatoms. The molecule has 34 heavy (non-hydrogen) atoms. The van der Waals surface area contributed by atoms with Crippen molar-refractivity contribution in [1.82, 2.24) is 9.97 Å². The van der Waals surface area contributed by atoms with Crippen LogP contribution in [0.4, 0.5) is 0 Å². The van der Waals surface area contributed by atoms with Crippen molar-refractivity contribution in [3.05, 3.63) is 67.3 Å². The van der Waals surface area contributed by atoms with Crippen molar-refractivity contribution in [1.29, 1.82) is 0 Å². The summed E-state index contributed by atoms with van der Waals surface area (Å²) < 4.78 is 16.6. The number of H-pyrrole nitrogens is 1. The second kappa shape index (κ2) is 15.0. The molecule has 0 aliphatic heterocycles. The number of aliphatic hydroxyl groups excluding tert-OH is 1. The first-order chi connectivity index (χ1) is 16.0. The standard InChI is InChI=1S/C14H24O3Si.C8H10O3.C3H4N2/c1-14(2,3)18(4,5)17-11-10-16-13-8-6-12(15)7-9-13;9-5-6-11-8-3-1-7(10)2-4-8;1-2-5-3-4-1/h6-9,15H,10-11H2,1-5H3;1-4,9-10H,5-6H2;1-3H,(H,4,5). The highest BCUT2D eigenvalue weighted by atomic mass is 28.4. The number of rotatable bonds is 8. The molecule has 2 aromatic carbocycles. The number of phenolic OH excluding ortho intramolecular Hbond substituents is 2. The number of benzene rings is 2. The van der Waals surface area contributed by atoms with Crippen molar-refractivity contribution in [2.45, 2.75) is 38.9 Å². The fraction of sp³-hybridized carbons (Fsp3) is 0.400. The first-order valence-electron chi connectivity index (χ1n) is 11.1. The quantitative estimate of drug-likeness (QED) is 0.260. The highest BCUT2D eigenvalue weighted by molar-refractivity contribution is 6.74. The molecule has 8 nitrogen and oxygen atoms in total. The van der Waals surface area contributed by atoms with E-state index < -0.39 is 8.32 Å². The highest BCUT2D eigenvalue weighted by Gasteiger charge is 2.36. The summed E-state index contributed by atoms with van der Waals surface area (Å²) in [7, 11) is -1.67. The van der Waals surface area contributed by atoms with Crippen LogP contribution in [0.1, 0.15) is 20.8 Å². The number of hydrogen-bond acceptors (Lipinski definition) is 7. The summed E-state index contributed by atoms with van der Waals surface area (Å²) in [5.74, 6) is 1.87. The molecule has 1 heterocycles. The Balaban J connectivity index is 0.000000302. The Labute approximate surface area is 203 Å². The van der Waals surface area contributed by atoms with Gasteiger partial charge < -0.3 is 34.2 Å². The van der Waals surface area contributed by atoms with E-state index in [9.17, 15) is 0 Å². The van der Waals surface area contributed by atoms with Crippen molar-refractivity contribution < 1.29 is 29.2 Å². The Bertz CT molecular complexity index is 862. The van der Waals surface area contributed by atoms with Crippen molar-refractivity contribution in [3.8, 4) is 23.0 Å². The molecular formula is C25H38N2O6Si. The fourth-order valence-corrected chi connectivity index (χ4v) is 3.16. The molecule has 0 saturated carbocycles. The average molecular weight is 491 g/mol. The molecule has 0 saturated heterocycles. The molecule has 0 aliphatic rings. The second-order valence-corrected chi connectivity index (χ2v) is 13.6. The minimum absolute atomic E-state index is 0.000869. The lowest BCUT2D eigenvalue weighted by Crippen LogP contribution is -2.41. The van der Waals surface area contributed by atoms with E-state index in [0.29, 0.717) is 19.0 Å². The number of aromatic nitrogens is 2. The summed E-state index contributed by atoms with van der Waals surface area (Å²) in [6, 6.07) is 13.1. The summed E-state index contributed by atoms with van der Waals surface area (Å²) in [5, 5.41) is 26.7. The number of nitrogens with zero attached hydrogens (tertiary/aromatic N) is 1. The molecule has 0 amide bonds. The molecule has 188 valence electrons. The van der Waals surface area contributed by atoms with Crippen molar-refractivity contribution in [2.24, 2.45) is 0 Å². The van der Waals surface area contributed by atoms with Crippen LogP contribution >= 0.6 is 0 Å². The van der Waals surface area contributed by atoms with E-state index in [1.807, 2.05) is 0 Å². The van der Waals surface area contributed by atoms with Gasteiger partial charge in [-0.15, -0.1) is 0 Å². The molecule has 0 aliphatic carbocycles. The largest absolute Gasteiger partial charge is 0.508 e. The number of phenols is 2. The number of aliphatic hydroxyl groups is 1. The molecule has 4 N–H and O–H groups in total. The Morgan fingerprint density at radius 1 is 0.824 bits per heavy atom. The first-order valence-corrected chi connectivity index (χ1v) is 14.0. The van der Waals surface area contributed by atoms with Crippen molar-refractivity contribution in [3.63, 3.8) is 0 Å². The Kier molecular flexibility index (Phi) is 12.8. The number of aromatic hydroxyl groups is 2. The van der Waals surface area contributed by atoms with Gasteiger partial charge in [0, 0.05) is 12.4 Å². The van der Waals surface area contributed by atoms with Gasteiger partial charge in [0.25, 0.3) is 0 Å². The molecule has 0 fully saturated rings. The number of aromatic amines is 1. The third-order valence-electron chi connectivity index (χ3n) is 5.06. The summed E-state index contributed by atoms with van der Waals surface area (Å²) in [6.07, 6.45) is 5.08. The molecular weight excluding hydrogens is 452 g/mol. The Morgan fingerprint density at radius 3 is 1.68 bits per heavy atom.